The second kappa shape index (κ2) is 4.16. The molecule has 0 unspecified atom stereocenters. The molecule has 1 fully saturated rings. The van der Waals surface area contributed by atoms with E-state index in [-0.39, 0.29) is 10.8 Å². The Kier molecular flexibility index (Phi) is 2.88. The molecule has 1 amide bonds. The fourth-order valence-electron chi connectivity index (χ4n) is 1.52. The number of H-pyrrole nitrogens is 1. The standard InChI is InChI=1S/C9H12N2O3S/c1-6-7(15-9(13)10-6)8(12)11-2-4-14-5-3-11/h2-5H2,1H3,(H,10,13). The first-order valence-electron chi connectivity index (χ1n) is 4.75. The highest BCUT2D eigenvalue weighted by molar-refractivity contribution is 7.11. The summed E-state index contributed by atoms with van der Waals surface area (Å²) in [7, 11) is 0. The highest BCUT2D eigenvalue weighted by Crippen LogP contribution is 2.12. The lowest BCUT2D eigenvalue weighted by atomic mass is 10.3. The van der Waals surface area contributed by atoms with Gasteiger partial charge in [-0.2, -0.15) is 0 Å². The van der Waals surface area contributed by atoms with Gasteiger partial charge in [0.25, 0.3) is 5.91 Å². The van der Waals surface area contributed by atoms with Crippen LogP contribution >= 0.6 is 11.3 Å². The van der Waals surface area contributed by atoms with E-state index in [0.717, 1.165) is 11.3 Å². The topological polar surface area (TPSA) is 62.4 Å². The third-order valence-electron chi connectivity index (χ3n) is 2.32. The molecule has 0 aliphatic carbocycles. The van der Waals surface area contributed by atoms with Gasteiger partial charge in [-0.05, 0) is 6.92 Å². The number of morpholine rings is 1. The number of nitrogens with zero attached hydrogens (tertiary/aromatic N) is 1. The van der Waals surface area contributed by atoms with Crippen LogP contribution in [0, 0.1) is 6.92 Å². The van der Waals surface area contributed by atoms with E-state index in [1.54, 1.807) is 11.8 Å². The molecule has 6 heteroatoms. The first-order chi connectivity index (χ1) is 7.18. The minimum atomic E-state index is -0.177. The average molecular weight is 228 g/mol. The van der Waals surface area contributed by atoms with E-state index in [1.807, 2.05) is 0 Å². The second-order valence-electron chi connectivity index (χ2n) is 3.37. The average Bonchev–Trinajstić information content (AvgIpc) is 2.58. The van der Waals surface area contributed by atoms with E-state index in [4.69, 9.17) is 4.74 Å². The minimum absolute atomic E-state index is 0.0702. The van der Waals surface area contributed by atoms with Crippen molar-refractivity contribution >= 4 is 17.2 Å². The predicted molar refractivity (Wildman–Crippen MR) is 56.4 cm³/mol. The molecule has 15 heavy (non-hydrogen) atoms. The molecule has 1 N–H and O–H groups in total. The van der Waals surface area contributed by atoms with E-state index in [1.165, 1.54) is 0 Å². The molecule has 5 nitrogen and oxygen atoms in total. The third kappa shape index (κ3) is 2.10. The van der Waals surface area contributed by atoms with Gasteiger partial charge < -0.3 is 14.6 Å². The Labute approximate surface area is 90.7 Å². The molecular weight excluding hydrogens is 216 g/mol. The maximum absolute atomic E-state index is 12.0. The normalized spacial score (nSPS) is 16.7. The number of hydrogen-bond donors (Lipinski definition) is 1. The molecule has 0 radical (unpaired) electrons. The van der Waals surface area contributed by atoms with Crippen LogP contribution in [0.2, 0.25) is 0 Å². The van der Waals surface area contributed by atoms with Crippen LogP contribution < -0.4 is 4.87 Å². The molecule has 1 aromatic heterocycles. The number of aromatic amines is 1. The van der Waals surface area contributed by atoms with Crippen LogP contribution in [0.25, 0.3) is 0 Å². The van der Waals surface area contributed by atoms with Crippen LogP contribution in [0.4, 0.5) is 0 Å². The van der Waals surface area contributed by atoms with Crippen molar-refractivity contribution in [3.05, 3.63) is 20.2 Å². The first kappa shape index (κ1) is 10.4. The van der Waals surface area contributed by atoms with Gasteiger partial charge >= 0.3 is 4.87 Å². The van der Waals surface area contributed by atoms with Gasteiger partial charge in [-0.3, -0.25) is 9.59 Å². The van der Waals surface area contributed by atoms with Crippen molar-refractivity contribution in [2.75, 3.05) is 26.3 Å². The van der Waals surface area contributed by atoms with Crippen molar-refractivity contribution in [3.8, 4) is 0 Å². The molecule has 1 aliphatic rings. The number of aryl methyl sites for hydroxylation is 1. The van der Waals surface area contributed by atoms with Gasteiger partial charge in [0.05, 0.1) is 13.2 Å². The van der Waals surface area contributed by atoms with Crippen LogP contribution in [0.3, 0.4) is 0 Å². The smallest absolute Gasteiger partial charge is 0.305 e. The Morgan fingerprint density at radius 3 is 2.67 bits per heavy atom. The first-order valence-corrected chi connectivity index (χ1v) is 5.57. The van der Waals surface area contributed by atoms with Crippen LogP contribution in [0.5, 0.6) is 0 Å². The molecule has 0 aromatic carbocycles. The number of ether oxygens (including phenoxy) is 1. The zero-order valence-corrected chi connectivity index (χ0v) is 9.23. The quantitative estimate of drug-likeness (QED) is 0.747. The minimum Gasteiger partial charge on any atom is -0.378 e. The highest BCUT2D eigenvalue weighted by Gasteiger charge is 2.21. The van der Waals surface area contributed by atoms with Crippen LogP contribution in [-0.4, -0.2) is 42.1 Å². The summed E-state index contributed by atoms with van der Waals surface area (Å²) >= 11 is 0.973. The number of amides is 1. The Balaban J connectivity index is 2.19. The van der Waals surface area contributed by atoms with Gasteiger partial charge in [-0.1, -0.05) is 11.3 Å². The lowest BCUT2D eigenvalue weighted by Gasteiger charge is -2.26. The SMILES string of the molecule is Cc1[nH]c(=O)sc1C(=O)N1CCOCC1. The summed E-state index contributed by atoms with van der Waals surface area (Å²) in [5, 5.41) is 0. The number of nitrogens with one attached hydrogen (secondary N) is 1. The second-order valence-corrected chi connectivity index (χ2v) is 4.36. The summed E-state index contributed by atoms with van der Waals surface area (Å²) in [6.07, 6.45) is 0. The molecule has 2 heterocycles. The zero-order chi connectivity index (χ0) is 10.8. The maximum Gasteiger partial charge on any atom is 0.305 e. The summed E-state index contributed by atoms with van der Waals surface area (Å²) in [4.78, 5) is 27.7. The summed E-state index contributed by atoms with van der Waals surface area (Å²) in [5.41, 5.74) is 0.654. The van der Waals surface area contributed by atoms with Gasteiger partial charge in [0.2, 0.25) is 0 Å². The predicted octanol–water partition coefficient (Wildman–Crippen LogP) is 0.217. The van der Waals surface area contributed by atoms with Crippen molar-refractivity contribution in [3.63, 3.8) is 0 Å². The van der Waals surface area contributed by atoms with Crippen molar-refractivity contribution in [1.29, 1.82) is 0 Å². The summed E-state index contributed by atoms with van der Waals surface area (Å²) in [6, 6.07) is 0. The van der Waals surface area contributed by atoms with Gasteiger partial charge in [0.15, 0.2) is 0 Å². The van der Waals surface area contributed by atoms with Crippen molar-refractivity contribution in [2.24, 2.45) is 0 Å². The van der Waals surface area contributed by atoms with E-state index in [2.05, 4.69) is 4.98 Å². The van der Waals surface area contributed by atoms with E-state index >= 15 is 0 Å². The van der Waals surface area contributed by atoms with E-state index in [0.29, 0.717) is 36.9 Å². The monoisotopic (exact) mass is 228 g/mol. The molecule has 82 valence electrons. The largest absolute Gasteiger partial charge is 0.378 e. The number of carbonyl (C=O) groups excluding carboxylic acids is 1. The molecule has 1 aromatic rings. The third-order valence-corrected chi connectivity index (χ3v) is 3.29. The lowest BCUT2D eigenvalue weighted by molar-refractivity contribution is 0.0305. The Bertz CT molecular complexity index is 417. The van der Waals surface area contributed by atoms with Gasteiger partial charge in [0.1, 0.15) is 4.88 Å². The van der Waals surface area contributed by atoms with Crippen LogP contribution in [-0.2, 0) is 4.74 Å². The van der Waals surface area contributed by atoms with E-state index in [9.17, 15) is 9.59 Å². The summed E-state index contributed by atoms with van der Waals surface area (Å²) in [6.45, 7) is 4.09. The van der Waals surface area contributed by atoms with Gasteiger partial charge in [-0.15, -0.1) is 0 Å². The fraction of sp³-hybridized carbons (Fsp3) is 0.556. The van der Waals surface area contributed by atoms with E-state index < -0.39 is 0 Å². The summed E-state index contributed by atoms with van der Waals surface area (Å²) in [5.74, 6) is -0.0702. The number of hydrogen-bond acceptors (Lipinski definition) is 4. The van der Waals surface area contributed by atoms with Crippen molar-refractivity contribution < 1.29 is 9.53 Å². The van der Waals surface area contributed by atoms with Gasteiger partial charge in [-0.25, -0.2) is 0 Å². The Hall–Kier alpha value is -1.14. The molecule has 0 atom stereocenters. The van der Waals surface area contributed by atoms with Gasteiger partial charge in [0, 0.05) is 18.8 Å². The molecule has 1 aliphatic heterocycles. The molecule has 2 rings (SSSR count). The van der Waals surface area contributed by atoms with Crippen molar-refractivity contribution in [1.82, 2.24) is 9.88 Å². The fourth-order valence-corrected chi connectivity index (χ4v) is 2.33. The van der Waals surface area contributed by atoms with Crippen LogP contribution in [0.1, 0.15) is 15.4 Å². The Morgan fingerprint density at radius 2 is 2.13 bits per heavy atom. The maximum atomic E-state index is 12.0. The molecule has 0 spiro atoms. The number of carbonyl (C=O) groups is 1. The van der Waals surface area contributed by atoms with Crippen molar-refractivity contribution in [2.45, 2.75) is 6.92 Å². The number of rotatable bonds is 1. The number of aromatic nitrogens is 1. The number of thiazole rings is 1. The highest BCUT2D eigenvalue weighted by atomic mass is 32.1. The molecule has 0 bridgehead atoms. The summed E-state index contributed by atoms with van der Waals surface area (Å²) < 4.78 is 5.16. The Morgan fingerprint density at radius 1 is 1.47 bits per heavy atom. The molecule has 0 saturated carbocycles. The molecular formula is C9H12N2O3S. The zero-order valence-electron chi connectivity index (χ0n) is 8.41. The van der Waals surface area contributed by atoms with Crippen LogP contribution in [0.15, 0.2) is 4.79 Å². The molecule has 1 saturated heterocycles. The lowest BCUT2D eigenvalue weighted by Crippen LogP contribution is -2.40.